The summed E-state index contributed by atoms with van der Waals surface area (Å²) in [4.78, 5) is 65.9. The summed E-state index contributed by atoms with van der Waals surface area (Å²) in [5.74, 6) is -4.78. The van der Waals surface area contributed by atoms with Crippen molar-refractivity contribution in [2.45, 2.75) is 51.2 Å². The van der Waals surface area contributed by atoms with Gasteiger partial charge in [-0.05, 0) is 65.6 Å². The first-order valence-electron chi connectivity index (χ1n) is 15.7. The molecule has 0 aliphatic heterocycles. The number of aliphatic imine (C=N–C) groups is 2. The van der Waals surface area contributed by atoms with Crippen LogP contribution in [0, 0.1) is 5.92 Å². The number of anilines is 1. The van der Waals surface area contributed by atoms with Crippen LogP contribution in [0.2, 0.25) is 0 Å². The van der Waals surface area contributed by atoms with Crippen LogP contribution < -0.4 is 22.1 Å². The number of carboxylic acid groups (broad SMARTS) is 2. The van der Waals surface area contributed by atoms with Crippen molar-refractivity contribution in [1.82, 2.24) is 5.32 Å². The highest BCUT2D eigenvalue weighted by Crippen LogP contribution is 2.46. The van der Waals surface area contributed by atoms with Gasteiger partial charge in [-0.25, -0.2) is 19.4 Å². The minimum Gasteiger partial charge on any atom is -0.475 e. The molecule has 0 bridgehead atoms. The second kappa shape index (κ2) is 18.2. The molecule has 0 fully saturated rings. The number of amides is 5. The Labute approximate surface area is 290 Å². The first kappa shape index (κ1) is 39.5. The van der Waals surface area contributed by atoms with Crippen LogP contribution in [0.15, 0.2) is 82.8 Å². The molecular formula is C35H37F3N6O7. The molecule has 4 rings (SSSR count). The average Bonchev–Trinajstić information content (AvgIpc) is 3.40. The largest absolute Gasteiger partial charge is 0.490 e. The van der Waals surface area contributed by atoms with Crippen LogP contribution in [0.25, 0.3) is 11.1 Å². The lowest BCUT2D eigenvalue weighted by molar-refractivity contribution is -0.192. The Morgan fingerprint density at radius 3 is 1.92 bits per heavy atom. The standard InChI is InChI=1S/C33H36N6O5.C2HF3O2/c1-20(12-17-27-25-9-4-2-7-23(25)24-8-3-5-10-26(24)27)29(39-33(43)44)31(41)38-28(11-6-18-36-32(35)42)30(40)37-22-15-13-21(19-34)14-16-22;3-2(4,5)1(6)7/h2-5,7-10,13-16,20,27H,6,11-12,17-19,34H2,1H3,(H,37,40)(H,43,44)(H3,35,36,42);(H,6,7)/t20-;/m0./s1. The second-order valence-electron chi connectivity index (χ2n) is 11.4. The molecule has 1 aliphatic carbocycles. The number of hydrogen-bond acceptors (Lipinski definition) is 6. The molecule has 0 aromatic heterocycles. The van der Waals surface area contributed by atoms with E-state index < -0.39 is 42.0 Å². The van der Waals surface area contributed by atoms with E-state index in [4.69, 9.17) is 21.4 Å². The van der Waals surface area contributed by atoms with Crippen LogP contribution in [-0.4, -0.2) is 64.3 Å². The van der Waals surface area contributed by atoms with Crippen molar-refractivity contribution in [2.24, 2.45) is 27.4 Å². The second-order valence-corrected chi connectivity index (χ2v) is 11.4. The highest BCUT2D eigenvalue weighted by Gasteiger charge is 2.38. The minimum atomic E-state index is -5.08. The third kappa shape index (κ3) is 11.6. The number of halogens is 3. The van der Waals surface area contributed by atoms with Gasteiger partial charge in [0, 0.05) is 30.6 Å². The number of fused-ring (bicyclic) bond motifs is 3. The maximum atomic E-state index is 13.4. The monoisotopic (exact) mass is 710 g/mol. The lowest BCUT2D eigenvalue weighted by Gasteiger charge is -2.17. The van der Waals surface area contributed by atoms with Crippen molar-refractivity contribution in [1.29, 1.82) is 0 Å². The van der Waals surface area contributed by atoms with Gasteiger partial charge in [-0.1, -0.05) is 67.6 Å². The van der Waals surface area contributed by atoms with Gasteiger partial charge in [0.05, 0.1) is 0 Å². The Morgan fingerprint density at radius 1 is 0.882 bits per heavy atom. The van der Waals surface area contributed by atoms with E-state index in [1.165, 1.54) is 22.3 Å². The van der Waals surface area contributed by atoms with Crippen LogP contribution in [0.4, 0.5) is 28.4 Å². The maximum absolute atomic E-state index is 13.4. The number of benzene rings is 3. The van der Waals surface area contributed by atoms with Gasteiger partial charge in [0.2, 0.25) is 0 Å². The van der Waals surface area contributed by atoms with Crippen molar-refractivity contribution in [3.05, 3.63) is 89.5 Å². The summed E-state index contributed by atoms with van der Waals surface area (Å²) in [5.41, 5.74) is 16.4. The summed E-state index contributed by atoms with van der Waals surface area (Å²) in [6.07, 6.45) is -5.23. The molecule has 8 N–H and O–H groups in total. The van der Waals surface area contributed by atoms with E-state index in [2.05, 4.69) is 44.9 Å². The molecular weight excluding hydrogens is 673 g/mol. The van der Waals surface area contributed by atoms with Crippen molar-refractivity contribution in [2.75, 3.05) is 11.9 Å². The van der Waals surface area contributed by atoms with E-state index in [1.807, 2.05) is 24.3 Å². The number of urea groups is 1. The smallest absolute Gasteiger partial charge is 0.475 e. The molecule has 0 unspecified atom stereocenters. The average molecular weight is 711 g/mol. The van der Waals surface area contributed by atoms with Gasteiger partial charge < -0.3 is 32.3 Å². The number of rotatable bonds is 12. The number of nitrogens with two attached hydrogens (primary N) is 2. The van der Waals surface area contributed by atoms with Crippen LogP contribution in [-0.2, 0) is 20.9 Å². The Kier molecular flexibility index (Phi) is 14.1. The minimum absolute atomic E-state index is 0.0170. The molecule has 13 nitrogen and oxygen atoms in total. The Bertz CT molecular complexity index is 1760. The lowest BCUT2D eigenvalue weighted by atomic mass is 9.87. The molecule has 3 aromatic carbocycles. The Hall–Kier alpha value is -5.90. The molecule has 1 aliphatic rings. The first-order valence-corrected chi connectivity index (χ1v) is 15.7. The Morgan fingerprint density at radius 2 is 1.43 bits per heavy atom. The fourth-order valence-corrected chi connectivity index (χ4v) is 5.39. The van der Waals surface area contributed by atoms with Gasteiger partial charge in [0.1, 0.15) is 11.4 Å². The fourth-order valence-electron chi connectivity index (χ4n) is 5.39. The molecule has 0 spiro atoms. The quantitative estimate of drug-likeness (QED) is 0.104. The van der Waals surface area contributed by atoms with E-state index in [-0.39, 0.29) is 36.7 Å². The molecule has 270 valence electrons. The molecule has 0 saturated heterocycles. The first-order chi connectivity index (χ1) is 24.1. The van der Waals surface area contributed by atoms with Crippen LogP contribution in [0.5, 0.6) is 0 Å². The van der Waals surface area contributed by atoms with Gasteiger partial charge in [0.25, 0.3) is 11.8 Å². The van der Waals surface area contributed by atoms with E-state index >= 15 is 0 Å². The predicted molar refractivity (Wildman–Crippen MR) is 183 cm³/mol. The number of aliphatic carboxylic acids is 1. The topological polar surface area (TPSA) is 227 Å². The van der Waals surface area contributed by atoms with Gasteiger partial charge in [0.15, 0.2) is 0 Å². The van der Waals surface area contributed by atoms with Crippen LogP contribution >= 0.6 is 0 Å². The highest BCUT2D eigenvalue weighted by atomic mass is 19.4. The summed E-state index contributed by atoms with van der Waals surface area (Å²) in [6, 6.07) is 22.5. The van der Waals surface area contributed by atoms with Gasteiger partial charge in [-0.15, -0.1) is 0 Å². The number of carbonyl (C=O) groups is 5. The summed E-state index contributed by atoms with van der Waals surface area (Å²) in [5, 5.41) is 21.8. The molecule has 3 aromatic rings. The van der Waals surface area contributed by atoms with Crippen LogP contribution in [0.1, 0.15) is 55.2 Å². The maximum Gasteiger partial charge on any atom is 0.490 e. The number of nitrogens with zero attached hydrogens (tertiary/aromatic N) is 2. The number of alkyl halides is 3. The Balaban J connectivity index is 0.000000908. The summed E-state index contributed by atoms with van der Waals surface area (Å²) >= 11 is 0. The third-order valence-corrected chi connectivity index (χ3v) is 7.83. The highest BCUT2D eigenvalue weighted by molar-refractivity contribution is 6.49. The number of carboxylic acids is 1. The molecule has 0 heterocycles. The van der Waals surface area contributed by atoms with E-state index in [0.29, 0.717) is 25.1 Å². The van der Waals surface area contributed by atoms with E-state index in [9.17, 15) is 37.5 Å². The summed E-state index contributed by atoms with van der Waals surface area (Å²) in [6.45, 7) is 2.22. The SMILES string of the molecule is C[C@@H](CCC1c2ccccc2-c2ccccc21)C(=NC(=O)O)C(=O)N=C(CCCNC(N)=O)C(=O)Nc1ccc(CN)cc1.O=C(O)C(F)(F)F. The summed E-state index contributed by atoms with van der Waals surface area (Å²) in [7, 11) is 0. The van der Waals surface area contributed by atoms with Crippen LogP contribution in [0.3, 0.4) is 0 Å². The normalized spacial score (nSPS) is 13.2. The van der Waals surface area contributed by atoms with Gasteiger partial charge in [-0.2, -0.15) is 18.2 Å². The molecule has 5 amide bonds. The molecule has 1 atom stereocenters. The number of nitrogens with one attached hydrogen (secondary N) is 2. The fraction of sp³-hybridized carbons (Fsp3) is 0.286. The number of hydrogen-bond donors (Lipinski definition) is 6. The van der Waals surface area contributed by atoms with Gasteiger partial charge in [-0.3, -0.25) is 9.59 Å². The van der Waals surface area contributed by atoms with Crippen molar-refractivity contribution >= 4 is 47.0 Å². The zero-order valence-corrected chi connectivity index (χ0v) is 27.4. The van der Waals surface area contributed by atoms with E-state index in [0.717, 1.165) is 5.56 Å². The molecule has 51 heavy (non-hydrogen) atoms. The van der Waals surface area contributed by atoms with Crippen molar-refractivity contribution in [3.63, 3.8) is 0 Å². The predicted octanol–water partition coefficient (Wildman–Crippen LogP) is 5.48. The van der Waals surface area contributed by atoms with E-state index in [1.54, 1.807) is 31.2 Å². The third-order valence-electron chi connectivity index (χ3n) is 7.83. The molecule has 0 radical (unpaired) electrons. The molecule has 0 saturated carbocycles. The lowest BCUT2D eigenvalue weighted by Crippen LogP contribution is -2.32. The number of carbonyl (C=O) groups excluding carboxylic acids is 3. The summed E-state index contributed by atoms with van der Waals surface area (Å²) < 4.78 is 31.7. The van der Waals surface area contributed by atoms with Gasteiger partial charge >= 0.3 is 24.3 Å². The molecule has 16 heteroatoms. The zero-order chi connectivity index (χ0) is 37.7. The van der Waals surface area contributed by atoms with Crippen molar-refractivity contribution in [3.8, 4) is 11.1 Å². The zero-order valence-electron chi connectivity index (χ0n) is 27.4. The number of primary amides is 1. The van der Waals surface area contributed by atoms with Crippen molar-refractivity contribution < 1.29 is 47.4 Å².